The number of benzene rings is 1. The summed E-state index contributed by atoms with van der Waals surface area (Å²) in [6.45, 7) is 5.58. The van der Waals surface area contributed by atoms with Crippen LogP contribution in [0.2, 0.25) is 0 Å². The molecular weight excluding hydrogens is 164 g/mol. The molecule has 1 heterocycles. The first-order valence-corrected chi connectivity index (χ1v) is 4.46. The van der Waals surface area contributed by atoms with E-state index in [0.29, 0.717) is 0 Å². The lowest BCUT2D eigenvalue weighted by Gasteiger charge is -2.31. The lowest BCUT2D eigenvalue weighted by atomic mass is 9.84. The number of aliphatic hydroxyl groups is 1. The van der Waals surface area contributed by atoms with Gasteiger partial charge in [-0.25, -0.2) is 0 Å². The van der Waals surface area contributed by atoms with Crippen molar-refractivity contribution in [1.82, 2.24) is 0 Å². The van der Waals surface area contributed by atoms with Gasteiger partial charge in [0.05, 0.1) is 0 Å². The lowest BCUT2D eigenvalue weighted by Crippen LogP contribution is -2.44. The highest BCUT2D eigenvalue weighted by Crippen LogP contribution is 2.46. The van der Waals surface area contributed by atoms with Crippen LogP contribution in [0, 0.1) is 0 Å². The van der Waals surface area contributed by atoms with Gasteiger partial charge in [0.2, 0.25) is 0 Å². The Morgan fingerprint density at radius 1 is 1.15 bits per heavy atom. The fourth-order valence-corrected chi connectivity index (χ4v) is 1.66. The quantitative estimate of drug-likeness (QED) is 0.659. The maximum atomic E-state index is 10.2. The molecule has 1 aromatic rings. The van der Waals surface area contributed by atoms with Gasteiger partial charge in [-0.2, -0.15) is 0 Å². The van der Waals surface area contributed by atoms with Crippen molar-refractivity contribution >= 4 is 0 Å². The zero-order valence-corrected chi connectivity index (χ0v) is 8.16. The van der Waals surface area contributed by atoms with Gasteiger partial charge < -0.3 is 9.84 Å². The van der Waals surface area contributed by atoms with Crippen molar-refractivity contribution in [3.8, 4) is 5.75 Å². The van der Waals surface area contributed by atoms with Crippen molar-refractivity contribution < 1.29 is 9.84 Å². The Hall–Kier alpha value is -1.02. The molecule has 2 heteroatoms. The van der Waals surface area contributed by atoms with Crippen LogP contribution in [-0.4, -0.2) is 10.7 Å². The summed E-state index contributed by atoms with van der Waals surface area (Å²) in [5, 5.41) is 10.2. The molecule has 0 aromatic heterocycles. The summed E-state index contributed by atoms with van der Waals surface area (Å²) in [7, 11) is 0. The number of rotatable bonds is 0. The number of ether oxygens (including phenoxy) is 1. The van der Waals surface area contributed by atoms with Crippen molar-refractivity contribution in [2.75, 3.05) is 0 Å². The summed E-state index contributed by atoms with van der Waals surface area (Å²) < 4.78 is 5.66. The molecule has 0 spiro atoms. The minimum Gasteiger partial charge on any atom is -0.484 e. The van der Waals surface area contributed by atoms with Crippen molar-refractivity contribution in [1.29, 1.82) is 0 Å². The second-order valence-electron chi connectivity index (χ2n) is 4.18. The third-order valence-electron chi connectivity index (χ3n) is 2.95. The van der Waals surface area contributed by atoms with E-state index >= 15 is 0 Å². The minimum atomic E-state index is -0.899. The normalized spacial score (nSPS) is 29.5. The van der Waals surface area contributed by atoms with E-state index in [4.69, 9.17) is 4.74 Å². The van der Waals surface area contributed by atoms with E-state index < -0.39 is 11.2 Å². The Kier molecular flexibility index (Phi) is 1.49. The Morgan fingerprint density at radius 2 is 1.77 bits per heavy atom. The van der Waals surface area contributed by atoms with Gasteiger partial charge >= 0.3 is 0 Å². The largest absolute Gasteiger partial charge is 0.484 e. The molecule has 0 radical (unpaired) electrons. The number of fused-ring (bicyclic) bond motifs is 1. The van der Waals surface area contributed by atoms with Crippen LogP contribution in [0.25, 0.3) is 0 Å². The Labute approximate surface area is 78.2 Å². The van der Waals surface area contributed by atoms with Crippen LogP contribution in [0.3, 0.4) is 0 Å². The molecule has 0 saturated heterocycles. The molecule has 0 saturated carbocycles. The summed E-state index contributed by atoms with van der Waals surface area (Å²) in [6.07, 6.45) is 0. The van der Waals surface area contributed by atoms with E-state index in [9.17, 15) is 5.11 Å². The third-order valence-corrected chi connectivity index (χ3v) is 2.95. The fraction of sp³-hybridized carbons (Fsp3) is 0.455. The average Bonchev–Trinajstić information content (AvgIpc) is 2.20. The molecule has 13 heavy (non-hydrogen) atoms. The van der Waals surface area contributed by atoms with Crippen LogP contribution < -0.4 is 4.74 Å². The molecule has 1 aromatic carbocycles. The van der Waals surface area contributed by atoms with Gasteiger partial charge in [0.1, 0.15) is 17.0 Å². The predicted octanol–water partition coefficient (Wildman–Crippen LogP) is 2.07. The maximum absolute atomic E-state index is 10.2. The van der Waals surface area contributed by atoms with E-state index in [1.807, 2.05) is 38.1 Å². The highest BCUT2D eigenvalue weighted by Gasteiger charge is 2.49. The second-order valence-corrected chi connectivity index (χ2v) is 4.18. The second kappa shape index (κ2) is 2.26. The molecule has 0 amide bonds. The summed E-state index contributed by atoms with van der Waals surface area (Å²) in [4.78, 5) is 0. The smallest absolute Gasteiger partial charge is 0.136 e. The summed E-state index contributed by atoms with van der Waals surface area (Å²) in [6, 6.07) is 7.62. The highest BCUT2D eigenvalue weighted by atomic mass is 16.5. The average molecular weight is 178 g/mol. The fourth-order valence-electron chi connectivity index (χ4n) is 1.66. The molecular formula is C11H14O2. The van der Waals surface area contributed by atoms with Gasteiger partial charge in [0.15, 0.2) is 0 Å². The molecule has 1 unspecified atom stereocenters. The van der Waals surface area contributed by atoms with Crippen LogP contribution in [-0.2, 0) is 5.60 Å². The van der Waals surface area contributed by atoms with Crippen molar-refractivity contribution in [2.45, 2.75) is 32.0 Å². The molecule has 70 valence electrons. The Bertz CT molecular complexity index is 340. The van der Waals surface area contributed by atoms with E-state index in [1.54, 1.807) is 6.92 Å². The number of para-hydroxylation sites is 1. The van der Waals surface area contributed by atoms with E-state index in [-0.39, 0.29) is 0 Å². The van der Waals surface area contributed by atoms with Crippen LogP contribution in [0.15, 0.2) is 24.3 Å². The SMILES string of the molecule is CC1(C)Oc2ccccc2C1(C)O. The third kappa shape index (κ3) is 0.985. The van der Waals surface area contributed by atoms with Gasteiger partial charge in [0.25, 0.3) is 0 Å². The van der Waals surface area contributed by atoms with Gasteiger partial charge in [-0.15, -0.1) is 0 Å². The van der Waals surface area contributed by atoms with E-state index in [1.165, 1.54) is 0 Å². The van der Waals surface area contributed by atoms with Crippen molar-refractivity contribution in [3.63, 3.8) is 0 Å². The molecule has 1 N–H and O–H groups in total. The standard InChI is InChI=1S/C11H14O2/c1-10(2)11(3,12)8-6-4-5-7-9(8)13-10/h4-7,12H,1-3H3. The summed E-state index contributed by atoms with van der Waals surface area (Å²) in [5.41, 5.74) is -0.569. The van der Waals surface area contributed by atoms with Crippen LogP contribution in [0.5, 0.6) is 5.75 Å². The van der Waals surface area contributed by atoms with E-state index in [2.05, 4.69) is 0 Å². The topological polar surface area (TPSA) is 29.5 Å². The van der Waals surface area contributed by atoms with Crippen LogP contribution in [0.1, 0.15) is 26.3 Å². The molecule has 1 aliphatic heterocycles. The predicted molar refractivity (Wildman–Crippen MR) is 50.7 cm³/mol. The maximum Gasteiger partial charge on any atom is 0.136 e. The molecule has 0 bridgehead atoms. The van der Waals surface area contributed by atoms with Gasteiger partial charge in [-0.1, -0.05) is 18.2 Å². The number of hydrogen-bond acceptors (Lipinski definition) is 2. The first-order valence-electron chi connectivity index (χ1n) is 4.46. The zero-order chi connectivity index (χ0) is 9.69. The van der Waals surface area contributed by atoms with Gasteiger partial charge in [0, 0.05) is 5.56 Å². The first kappa shape index (κ1) is 8.57. The van der Waals surface area contributed by atoms with Gasteiger partial charge in [-0.05, 0) is 26.8 Å². The molecule has 1 aliphatic rings. The van der Waals surface area contributed by atoms with Crippen LogP contribution in [0.4, 0.5) is 0 Å². The molecule has 0 fully saturated rings. The van der Waals surface area contributed by atoms with Gasteiger partial charge in [-0.3, -0.25) is 0 Å². The molecule has 0 aliphatic carbocycles. The Morgan fingerprint density at radius 3 is 2.38 bits per heavy atom. The first-order chi connectivity index (χ1) is 5.95. The van der Waals surface area contributed by atoms with Crippen LogP contribution >= 0.6 is 0 Å². The molecule has 1 atom stereocenters. The van der Waals surface area contributed by atoms with Crippen molar-refractivity contribution in [2.24, 2.45) is 0 Å². The highest BCUT2D eigenvalue weighted by molar-refractivity contribution is 5.44. The number of hydrogen-bond donors (Lipinski definition) is 1. The molecule has 2 rings (SSSR count). The Balaban J connectivity index is 2.60. The minimum absolute atomic E-state index is 0.545. The lowest BCUT2D eigenvalue weighted by molar-refractivity contribution is -0.0806. The van der Waals surface area contributed by atoms with Crippen molar-refractivity contribution in [3.05, 3.63) is 29.8 Å². The monoisotopic (exact) mass is 178 g/mol. The zero-order valence-electron chi connectivity index (χ0n) is 8.16. The summed E-state index contributed by atoms with van der Waals surface area (Å²) in [5.74, 6) is 0.789. The van der Waals surface area contributed by atoms with E-state index in [0.717, 1.165) is 11.3 Å². The summed E-state index contributed by atoms with van der Waals surface area (Å²) >= 11 is 0. The molecule has 2 nitrogen and oxygen atoms in total.